The van der Waals surface area contributed by atoms with Crippen LogP contribution in [0.3, 0.4) is 0 Å². The quantitative estimate of drug-likeness (QED) is 0.775. The summed E-state index contributed by atoms with van der Waals surface area (Å²) < 4.78 is 5.82. The summed E-state index contributed by atoms with van der Waals surface area (Å²) in [5.41, 5.74) is 0. The van der Waals surface area contributed by atoms with Crippen molar-refractivity contribution in [3.05, 3.63) is 42.5 Å². The van der Waals surface area contributed by atoms with Crippen LogP contribution in [-0.4, -0.2) is 68.1 Å². The lowest BCUT2D eigenvalue weighted by Gasteiger charge is -2.32. The van der Waals surface area contributed by atoms with Gasteiger partial charge in [-0.15, -0.1) is 0 Å². The van der Waals surface area contributed by atoms with E-state index in [1.807, 2.05) is 36.4 Å². The number of nitrogens with one attached hydrogen (secondary N) is 1. The second-order valence-electron chi connectivity index (χ2n) is 7.06. The average molecular weight is 355 g/mol. The summed E-state index contributed by atoms with van der Waals surface area (Å²) in [6.45, 7) is 8.01. The SMILES string of the molecule is CC(Oc1ccc2ccccc2c1)C(=O)NCCCN1CCN(C)CC1. The molecular weight excluding hydrogens is 326 g/mol. The zero-order chi connectivity index (χ0) is 18.4. The van der Waals surface area contributed by atoms with E-state index in [1.165, 1.54) is 5.39 Å². The summed E-state index contributed by atoms with van der Waals surface area (Å²) in [5.74, 6) is 0.667. The van der Waals surface area contributed by atoms with Crippen LogP contribution in [0.2, 0.25) is 0 Å². The van der Waals surface area contributed by atoms with Crippen LogP contribution >= 0.6 is 0 Å². The number of likely N-dealkylation sites (N-methyl/N-ethyl adjacent to an activating group) is 1. The number of carbonyl (C=O) groups excluding carboxylic acids is 1. The molecule has 2 aromatic rings. The molecule has 1 saturated heterocycles. The Hall–Kier alpha value is -2.11. The Bertz CT molecular complexity index is 726. The molecule has 1 fully saturated rings. The van der Waals surface area contributed by atoms with Gasteiger partial charge in [0.15, 0.2) is 6.10 Å². The van der Waals surface area contributed by atoms with E-state index in [0.29, 0.717) is 6.54 Å². The maximum absolute atomic E-state index is 12.2. The Kier molecular flexibility index (Phi) is 6.47. The zero-order valence-electron chi connectivity index (χ0n) is 15.8. The van der Waals surface area contributed by atoms with E-state index in [-0.39, 0.29) is 5.91 Å². The first-order chi connectivity index (χ1) is 12.6. The zero-order valence-corrected chi connectivity index (χ0v) is 15.8. The van der Waals surface area contributed by atoms with Crippen molar-refractivity contribution >= 4 is 16.7 Å². The van der Waals surface area contributed by atoms with Gasteiger partial charge in [-0.1, -0.05) is 30.3 Å². The van der Waals surface area contributed by atoms with Gasteiger partial charge in [0.05, 0.1) is 0 Å². The molecule has 1 N–H and O–H groups in total. The largest absolute Gasteiger partial charge is 0.481 e. The smallest absolute Gasteiger partial charge is 0.260 e. The highest BCUT2D eigenvalue weighted by molar-refractivity contribution is 5.84. The molecule has 0 aromatic heterocycles. The van der Waals surface area contributed by atoms with Crippen LogP contribution in [0, 0.1) is 0 Å². The third-order valence-electron chi connectivity index (χ3n) is 4.95. The number of amides is 1. The van der Waals surface area contributed by atoms with Crippen LogP contribution in [0.5, 0.6) is 5.75 Å². The highest BCUT2D eigenvalue weighted by atomic mass is 16.5. The van der Waals surface area contributed by atoms with Crippen molar-refractivity contribution < 1.29 is 9.53 Å². The summed E-state index contributed by atoms with van der Waals surface area (Å²) in [6.07, 6.45) is 0.470. The van der Waals surface area contributed by atoms with Crippen molar-refractivity contribution in [2.75, 3.05) is 46.3 Å². The molecule has 1 aliphatic heterocycles. The molecule has 0 spiro atoms. The number of ether oxygens (including phenoxy) is 1. The first-order valence-electron chi connectivity index (χ1n) is 9.46. The highest BCUT2D eigenvalue weighted by Gasteiger charge is 2.16. The van der Waals surface area contributed by atoms with E-state index in [4.69, 9.17) is 4.74 Å². The van der Waals surface area contributed by atoms with Crippen molar-refractivity contribution in [1.29, 1.82) is 0 Å². The third kappa shape index (κ3) is 5.19. The Morgan fingerprint density at radius 3 is 2.62 bits per heavy atom. The fraction of sp³-hybridized carbons (Fsp3) is 0.476. The van der Waals surface area contributed by atoms with Crippen molar-refractivity contribution in [3.8, 4) is 5.75 Å². The minimum atomic E-state index is -0.500. The molecule has 0 aliphatic carbocycles. The van der Waals surface area contributed by atoms with Crippen molar-refractivity contribution in [2.45, 2.75) is 19.4 Å². The minimum Gasteiger partial charge on any atom is -0.481 e. The molecule has 26 heavy (non-hydrogen) atoms. The third-order valence-corrected chi connectivity index (χ3v) is 4.95. The monoisotopic (exact) mass is 355 g/mol. The Morgan fingerprint density at radius 2 is 1.85 bits per heavy atom. The second-order valence-corrected chi connectivity index (χ2v) is 7.06. The van der Waals surface area contributed by atoms with E-state index in [0.717, 1.165) is 50.3 Å². The van der Waals surface area contributed by atoms with Gasteiger partial charge in [-0.05, 0) is 49.8 Å². The molecule has 0 bridgehead atoms. The van der Waals surface area contributed by atoms with E-state index in [9.17, 15) is 4.79 Å². The number of benzene rings is 2. The maximum Gasteiger partial charge on any atom is 0.260 e. The van der Waals surface area contributed by atoms with Crippen LogP contribution in [0.4, 0.5) is 0 Å². The lowest BCUT2D eigenvalue weighted by atomic mass is 10.1. The summed E-state index contributed by atoms with van der Waals surface area (Å²) in [4.78, 5) is 17.1. The van der Waals surface area contributed by atoms with E-state index in [1.54, 1.807) is 6.92 Å². The lowest BCUT2D eigenvalue weighted by Crippen LogP contribution is -2.45. The number of nitrogens with zero attached hydrogens (tertiary/aromatic N) is 2. The number of rotatable bonds is 7. The van der Waals surface area contributed by atoms with Crippen LogP contribution in [0.1, 0.15) is 13.3 Å². The molecule has 0 saturated carbocycles. The highest BCUT2D eigenvalue weighted by Crippen LogP contribution is 2.21. The molecule has 2 aromatic carbocycles. The van der Waals surface area contributed by atoms with Gasteiger partial charge in [0, 0.05) is 32.7 Å². The number of carbonyl (C=O) groups is 1. The molecular formula is C21H29N3O2. The van der Waals surface area contributed by atoms with Gasteiger partial charge in [0.2, 0.25) is 0 Å². The van der Waals surface area contributed by atoms with Crippen LogP contribution in [0.15, 0.2) is 42.5 Å². The molecule has 1 aliphatic rings. The Labute approximate surface area is 155 Å². The molecule has 1 amide bonds. The summed E-state index contributed by atoms with van der Waals surface area (Å²) in [7, 11) is 2.16. The Balaban J connectivity index is 1.39. The first-order valence-corrected chi connectivity index (χ1v) is 9.46. The van der Waals surface area contributed by atoms with Gasteiger partial charge in [-0.3, -0.25) is 4.79 Å². The molecule has 1 unspecified atom stereocenters. The molecule has 3 rings (SSSR count). The van der Waals surface area contributed by atoms with Gasteiger partial charge < -0.3 is 19.9 Å². The van der Waals surface area contributed by atoms with E-state index in [2.05, 4.69) is 28.2 Å². The van der Waals surface area contributed by atoms with Crippen LogP contribution < -0.4 is 10.1 Å². The molecule has 1 atom stereocenters. The maximum atomic E-state index is 12.2. The normalized spacial score (nSPS) is 17.2. The van der Waals surface area contributed by atoms with Gasteiger partial charge in [-0.25, -0.2) is 0 Å². The number of piperazine rings is 1. The minimum absolute atomic E-state index is 0.0588. The number of hydrogen-bond donors (Lipinski definition) is 1. The Morgan fingerprint density at radius 1 is 1.12 bits per heavy atom. The number of fused-ring (bicyclic) bond motifs is 1. The molecule has 0 radical (unpaired) electrons. The van der Waals surface area contributed by atoms with Gasteiger partial charge in [0.25, 0.3) is 5.91 Å². The van der Waals surface area contributed by atoms with Crippen molar-refractivity contribution in [1.82, 2.24) is 15.1 Å². The van der Waals surface area contributed by atoms with Crippen LogP contribution in [-0.2, 0) is 4.79 Å². The summed E-state index contributed by atoms with van der Waals surface area (Å²) >= 11 is 0. The van der Waals surface area contributed by atoms with Gasteiger partial charge >= 0.3 is 0 Å². The van der Waals surface area contributed by atoms with Crippen molar-refractivity contribution in [3.63, 3.8) is 0 Å². The van der Waals surface area contributed by atoms with Crippen molar-refractivity contribution in [2.24, 2.45) is 0 Å². The molecule has 5 nitrogen and oxygen atoms in total. The molecule has 5 heteroatoms. The fourth-order valence-electron chi connectivity index (χ4n) is 3.23. The first kappa shape index (κ1) is 18.7. The predicted molar refractivity (Wildman–Crippen MR) is 106 cm³/mol. The number of hydrogen-bond acceptors (Lipinski definition) is 4. The average Bonchev–Trinajstić information content (AvgIpc) is 2.66. The summed E-state index contributed by atoms with van der Waals surface area (Å²) in [5, 5.41) is 5.27. The van der Waals surface area contributed by atoms with Gasteiger partial charge in [-0.2, -0.15) is 0 Å². The molecule has 140 valence electrons. The standard InChI is InChI=1S/C21H29N3O2/c1-17(26-20-9-8-18-6-3-4-7-19(18)16-20)21(25)22-10-5-11-24-14-12-23(2)13-15-24/h3-4,6-9,16-17H,5,10-15H2,1-2H3,(H,22,25). The van der Waals surface area contributed by atoms with E-state index < -0.39 is 6.10 Å². The van der Waals surface area contributed by atoms with Gasteiger partial charge in [0.1, 0.15) is 5.75 Å². The van der Waals surface area contributed by atoms with E-state index >= 15 is 0 Å². The topological polar surface area (TPSA) is 44.8 Å². The predicted octanol–water partition coefficient (Wildman–Crippen LogP) is 2.36. The fourth-order valence-corrected chi connectivity index (χ4v) is 3.23. The van der Waals surface area contributed by atoms with Crippen LogP contribution in [0.25, 0.3) is 10.8 Å². The summed E-state index contributed by atoms with van der Waals surface area (Å²) in [6, 6.07) is 14.0. The second kappa shape index (κ2) is 9.01. The lowest BCUT2D eigenvalue weighted by molar-refractivity contribution is -0.127. The molecule has 1 heterocycles.